The van der Waals surface area contributed by atoms with E-state index in [2.05, 4.69) is 25.2 Å². The number of hydrogen-bond acceptors (Lipinski definition) is 9. The van der Waals surface area contributed by atoms with Crippen LogP contribution in [0.15, 0.2) is 54.6 Å². The first kappa shape index (κ1) is 28.3. The van der Waals surface area contributed by atoms with Gasteiger partial charge in [0.1, 0.15) is 18.1 Å². The van der Waals surface area contributed by atoms with Gasteiger partial charge in [0.05, 0.1) is 36.0 Å². The molecule has 5 rings (SSSR count). The molecule has 0 amide bonds. The fraction of sp³-hybridized carbons (Fsp3) is 0.333. The maximum atomic E-state index is 12.4. The molecule has 0 radical (unpaired) electrons. The van der Waals surface area contributed by atoms with Gasteiger partial charge in [-0.05, 0) is 69.0 Å². The number of nitrogens with zero attached hydrogens (tertiary/aromatic N) is 1. The predicted octanol–water partition coefficient (Wildman–Crippen LogP) is 6.34. The maximum Gasteiger partial charge on any atom is 0.312 e. The molecule has 10 nitrogen and oxygen atoms in total. The van der Waals surface area contributed by atoms with E-state index in [1.807, 2.05) is 19.1 Å². The number of ether oxygens (including phenoxy) is 3. The first-order valence-corrected chi connectivity index (χ1v) is 14.6. The molecule has 1 aliphatic carbocycles. The summed E-state index contributed by atoms with van der Waals surface area (Å²) in [5.74, 6) is 1.20. The lowest BCUT2D eigenvalue weighted by Crippen LogP contribution is -2.32. The van der Waals surface area contributed by atoms with Crippen LogP contribution in [-0.4, -0.2) is 38.3 Å². The van der Waals surface area contributed by atoms with Crippen molar-refractivity contribution in [1.82, 2.24) is 0 Å². The average molecular weight is 581 g/mol. The van der Waals surface area contributed by atoms with Crippen molar-refractivity contribution in [1.29, 1.82) is 0 Å². The van der Waals surface area contributed by atoms with Crippen molar-refractivity contribution in [2.45, 2.75) is 51.0 Å². The number of non-ortho nitro benzene ring substituents is 1. The van der Waals surface area contributed by atoms with Gasteiger partial charge in [-0.2, -0.15) is 8.42 Å². The van der Waals surface area contributed by atoms with Crippen LogP contribution in [0.5, 0.6) is 23.0 Å². The van der Waals surface area contributed by atoms with Gasteiger partial charge in [-0.25, -0.2) is 0 Å². The van der Waals surface area contributed by atoms with Gasteiger partial charge < -0.3 is 23.7 Å². The lowest BCUT2D eigenvalue weighted by Gasteiger charge is -2.33. The number of allylic oxidation sites excluding steroid dienone is 1. The average Bonchev–Trinajstić information content (AvgIpc) is 3.77. The molecular formula is C30H32N2O8S. The fourth-order valence-corrected chi connectivity index (χ4v) is 6.37. The lowest BCUT2D eigenvalue weighted by atomic mass is 9.85. The molecule has 2 aliphatic rings. The molecule has 1 saturated carbocycles. The summed E-state index contributed by atoms with van der Waals surface area (Å²) in [4.78, 5) is 10.9. The standard InChI is InChI=1S/C30H32N2O8S/c1-18-16-30(2,3)31-25-12-11-22(23-10-7-20(15-27(23)38-5)40-41(35,36)21-8-9-21)24(29(18)25)17-39-28-14-19(32(33)34)6-13-26(28)37-4/h6-7,10-16,21,31H,8-9,17H2,1-5H3. The first-order valence-electron chi connectivity index (χ1n) is 13.1. The minimum atomic E-state index is -3.69. The zero-order chi connectivity index (χ0) is 29.5. The zero-order valence-corrected chi connectivity index (χ0v) is 24.3. The molecule has 0 bridgehead atoms. The smallest absolute Gasteiger partial charge is 0.312 e. The van der Waals surface area contributed by atoms with Gasteiger partial charge in [0.15, 0.2) is 11.5 Å². The second-order valence-electron chi connectivity index (χ2n) is 10.7. The highest BCUT2D eigenvalue weighted by Gasteiger charge is 2.38. The zero-order valence-electron chi connectivity index (χ0n) is 23.5. The summed E-state index contributed by atoms with van der Waals surface area (Å²) in [6.07, 6.45) is 3.33. The van der Waals surface area contributed by atoms with Crippen LogP contribution in [0.1, 0.15) is 44.7 Å². The van der Waals surface area contributed by atoms with Crippen LogP contribution in [0, 0.1) is 10.1 Å². The van der Waals surface area contributed by atoms with E-state index in [0.29, 0.717) is 29.9 Å². The molecule has 3 aromatic rings. The van der Waals surface area contributed by atoms with Crippen LogP contribution in [0.4, 0.5) is 11.4 Å². The molecule has 1 heterocycles. The highest BCUT2D eigenvalue weighted by molar-refractivity contribution is 7.88. The Labute approximate surface area is 239 Å². The largest absolute Gasteiger partial charge is 0.496 e. The second-order valence-corrected chi connectivity index (χ2v) is 12.5. The van der Waals surface area contributed by atoms with Gasteiger partial charge in [-0.1, -0.05) is 12.1 Å². The Morgan fingerprint density at radius 2 is 1.68 bits per heavy atom. The maximum absolute atomic E-state index is 12.4. The Bertz CT molecular complexity index is 1660. The highest BCUT2D eigenvalue weighted by Crippen LogP contribution is 2.44. The normalized spacial score (nSPS) is 15.7. The molecular weight excluding hydrogens is 548 g/mol. The van der Waals surface area contributed by atoms with E-state index in [1.54, 1.807) is 18.2 Å². The van der Waals surface area contributed by atoms with Crippen LogP contribution in [0.2, 0.25) is 0 Å². The Morgan fingerprint density at radius 1 is 0.976 bits per heavy atom. The molecule has 1 aliphatic heterocycles. The summed E-state index contributed by atoms with van der Waals surface area (Å²) < 4.78 is 47.5. The number of nitro groups is 1. The fourth-order valence-electron chi connectivity index (χ4n) is 5.15. The summed E-state index contributed by atoms with van der Waals surface area (Å²) in [6, 6.07) is 13.1. The highest BCUT2D eigenvalue weighted by atomic mass is 32.2. The van der Waals surface area contributed by atoms with Crippen molar-refractivity contribution < 1.29 is 31.7 Å². The third kappa shape index (κ3) is 5.81. The van der Waals surface area contributed by atoms with E-state index >= 15 is 0 Å². The monoisotopic (exact) mass is 580 g/mol. The van der Waals surface area contributed by atoms with Gasteiger partial charge in [0, 0.05) is 34.5 Å². The summed E-state index contributed by atoms with van der Waals surface area (Å²) in [6.45, 7) is 6.24. The van der Waals surface area contributed by atoms with Crippen molar-refractivity contribution in [2.24, 2.45) is 0 Å². The third-order valence-electron chi connectivity index (χ3n) is 7.08. The molecule has 216 valence electrons. The molecule has 1 N–H and O–H groups in total. The number of anilines is 1. The van der Waals surface area contributed by atoms with Crippen LogP contribution in [-0.2, 0) is 16.7 Å². The number of methoxy groups -OCH3 is 2. The summed E-state index contributed by atoms with van der Waals surface area (Å²) in [5, 5.41) is 14.5. The van der Waals surface area contributed by atoms with E-state index < -0.39 is 20.3 Å². The van der Waals surface area contributed by atoms with Gasteiger partial charge in [-0.3, -0.25) is 10.1 Å². The number of nitrogens with one attached hydrogen (secondary N) is 1. The number of fused-ring (bicyclic) bond motifs is 1. The first-order chi connectivity index (χ1) is 19.4. The second kappa shape index (κ2) is 10.6. The molecule has 0 unspecified atom stereocenters. The van der Waals surface area contributed by atoms with Crippen molar-refractivity contribution in [3.8, 4) is 34.1 Å². The lowest BCUT2D eigenvalue weighted by molar-refractivity contribution is -0.385. The molecule has 0 atom stereocenters. The van der Waals surface area contributed by atoms with Crippen molar-refractivity contribution in [2.75, 3.05) is 19.5 Å². The van der Waals surface area contributed by atoms with Crippen molar-refractivity contribution >= 4 is 27.1 Å². The molecule has 0 spiro atoms. The topological polar surface area (TPSA) is 126 Å². The minimum absolute atomic E-state index is 0.0563. The van der Waals surface area contributed by atoms with Crippen LogP contribution in [0.25, 0.3) is 16.7 Å². The van der Waals surface area contributed by atoms with Gasteiger partial charge in [0.2, 0.25) is 0 Å². The predicted molar refractivity (Wildman–Crippen MR) is 156 cm³/mol. The SMILES string of the molecule is COc1ccc([N+](=O)[O-])cc1OCc1c(-c2ccc(OS(=O)(=O)C3CC3)cc2OC)ccc2c1C(C)=CC(C)(C)N2. The van der Waals surface area contributed by atoms with Gasteiger partial charge in [-0.15, -0.1) is 0 Å². The Hall–Kier alpha value is -4.25. The number of nitro benzene ring substituents is 1. The van der Waals surface area contributed by atoms with E-state index in [0.717, 1.165) is 28.0 Å². The Morgan fingerprint density at radius 3 is 2.34 bits per heavy atom. The van der Waals surface area contributed by atoms with Gasteiger partial charge in [0.25, 0.3) is 5.69 Å². The van der Waals surface area contributed by atoms with E-state index in [-0.39, 0.29) is 29.3 Å². The summed E-state index contributed by atoms with van der Waals surface area (Å²) in [5.41, 5.74) is 4.79. The molecule has 0 aromatic heterocycles. The van der Waals surface area contributed by atoms with E-state index in [4.69, 9.17) is 18.4 Å². The summed E-state index contributed by atoms with van der Waals surface area (Å²) in [7, 11) is -0.705. The summed E-state index contributed by atoms with van der Waals surface area (Å²) >= 11 is 0. The van der Waals surface area contributed by atoms with E-state index in [1.165, 1.54) is 32.4 Å². The van der Waals surface area contributed by atoms with E-state index in [9.17, 15) is 18.5 Å². The van der Waals surface area contributed by atoms with Crippen molar-refractivity contribution in [3.63, 3.8) is 0 Å². The molecule has 0 saturated heterocycles. The van der Waals surface area contributed by atoms with Crippen LogP contribution >= 0.6 is 0 Å². The van der Waals surface area contributed by atoms with Gasteiger partial charge >= 0.3 is 10.1 Å². The third-order valence-corrected chi connectivity index (χ3v) is 8.79. The molecule has 11 heteroatoms. The van der Waals surface area contributed by atoms with Crippen LogP contribution in [0.3, 0.4) is 0 Å². The van der Waals surface area contributed by atoms with Crippen LogP contribution < -0.4 is 23.7 Å². The Kier molecular flexibility index (Phi) is 7.33. The quantitative estimate of drug-likeness (QED) is 0.166. The van der Waals surface area contributed by atoms with Crippen molar-refractivity contribution in [3.05, 3.63) is 75.8 Å². The number of hydrogen-bond donors (Lipinski definition) is 1. The molecule has 3 aromatic carbocycles. The minimum Gasteiger partial charge on any atom is -0.496 e. The molecule has 1 fully saturated rings. The number of rotatable bonds is 10. The Balaban J connectivity index is 1.60. The number of benzene rings is 3. The molecule has 41 heavy (non-hydrogen) atoms.